The van der Waals surface area contributed by atoms with Gasteiger partial charge in [0.2, 0.25) is 0 Å². The Balaban J connectivity index is 2.22. The third-order valence-corrected chi connectivity index (χ3v) is 5.37. The number of nitrogens with one attached hydrogen (secondary N) is 1. The molecule has 1 saturated carbocycles. The zero-order chi connectivity index (χ0) is 14.8. The van der Waals surface area contributed by atoms with E-state index in [-0.39, 0.29) is 5.97 Å². The first-order valence-electron chi connectivity index (χ1n) is 8.12. The van der Waals surface area contributed by atoms with Crippen molar-refractivity contribution in [3.05, 3.63) is 0 Å². The topological polar surface area (TPSA) is 38.3 Å². The van der Waals surface area contributed by atoms with Gasteiger partial charge in [-0.15, -0.1) is 0 Å². The van der Waals surface area contributed by atoms with Crippen LogP contribution in [0.4, 0.5) is 0 Å². The van der Waals surface area contributed by atoms with Crippen LogP contribution in [0, 0.1) is 5.92 Å². The summed E-state index contributed by atoms with van der Waals surface area (Å²) in [6, 6.07) is 0. The lowest BCUT2D eigenvalue weighted by Gasteiger charge is -2.28. The summed E-state index contributed by atoms with van der Waals surface area (Å²) in [6.45, 7) is 7.12. The quantitative estimate of drug-likeness (QED) is 0.494. The second kappa shape index (κ2) is 9.67. The minimum absolute atomic E-state index is 0.109. The van der Waals surface area contributed by atoms with E-state index in [1.165, 1.54) is 31.4 Å². The van der Waals surface area contributed by atoms with E-state index in [4.69, 9.17) is 4.74 Å². The van der Waals surface area contributed by atoms with Gasteiger partial charge in [0.15, 0.2) is 0 Å². The monoisotopic (exact) mass is 301 g/mol. The maximum Gasteiger partial charge on any atom is 0.326 e. The van der Waals surface area contributed by atoms with Crippen LogP contribution in [0.5, 0.6) is 0 Å². The van der Waals surface area contributed by atoms with Crippen molar-refractivity contribution < 1.29 is 9.53 Å². The summed E-state index contributed by atoms with van der Waals surface area (Å²) < 4.78 is 5.19. The van der Waals surface area contributed by atoms with Gasteiger partial charge in [0.1, 0.15) is 5.54 Å². The molecule has 0 saturated heterocycles. The summed E-state index contributed by atoms with van der Waals surface area (Å²) in [5.41, 5.74) is -0.515. The molecule has 1 aliphatic carbocycles. The van der Waals surface area contributed by atoms with Crippen molar-refractivity contribution in [3.63, 3.8) is 0 Å². The van der Waals surface area contributed by atoms with E-state index in [2.05, 4.69) is 17.1 Å². The summed E-state index contributed by atoms with van der Waals surface area (Å²) >= 11 is 2.05. The van der Waals surface area contributed by atoms with Gasteiger partial charge >= 0.3 is 5.97 Å². The zero-order valence-electron chi connectivity index (χ0n) is 13.4. The van der Waals surface area contributed by atoms with Gasteiger partial charge in [-0.25, -0.2) is 0 Å². The third kappa shape index (κ3) is 6.04. The molecule has 1 N–H and O–H groups in total. The van der Waals surface area contributed by atoms with Crippen LogP contribution in [0.15, 0.2) is 0 Å². The smallest absolute Gasteiger partial charge is 0.326 e. The lowest BCUT2D eigenvalue weighted by atomic mass is 9.96. The minimum atomic E-state index is -0.515. The van der Waals surface area contributed by atoms with Crippen LogP contribution in [0.2, 0.25) is 0 Å². The molecule has 118 valence electrons. The van der Waals surface area contributed by atoms with Crippen molar-refractivity contribution in [2.24, 2.45) is 5.92 Å². The fraction of sp³-hybridized carbons (Fsp3) is 0.938. The molecule has 1 atom stereocenters. The molecule has 0 aliphatic heterocycles. The molecule has 1 unspecified atom stereocenters. The van der Waals surface area contributed by atoms with Crippen LogP contribution in [0.3, 0.4) is 0 Å². The molecular formula is C16H31NO2S. The van der Waals surface area contributed by atoms with E-state index in [0.29, 0.717) is 6.61 Å². The molecule has 0 bridgehead atoms. The van der Waals surface area contributed by atoms with Crippen LogP contribution in [0.1, 0.15) is 59.3 Å². The molecule has 1 fully saturated rings. The van der Waals surface area contributed by atoms with Crippen molar-refractivity contribution in [1.29, 1.82) is 0 Å². The first kappa shape index (κ1) is 17.8. The van der Waals surface area contributed by atoms with Crippen molar-refractivity contribution >= 4 is 17.7 Å². The van der Waals surface area contributed by atoms with Crippen LogP contribution in [0.25, 0.3) is 0 Å². The lowest BCUT2D eigenvalue weighted by molar-refractivity contribution is -0.150. The maximum atomic E-state index is 12.0. The van der Waals surface area contributed by atoms with Crippen LogP contribution >= 0.6 is 11.8 Å². The molecule has 0 aromatic rings. The Bertz CT molecular complexity index is 280. The average molecular weight is 301 g/mol. The van der Waals surface area contributed by atoms with Gasteiger partial charge in [0.25, 0.3) is 0 Å². The van der Waals surface area contributed by atoms with Crippen molar-refractivity contribution in [1.82, 2.24) is 5.32 Å². The van der Waals surface area contributed by atoms with Gasteiger partial charge in [-0.2, -0.15) is 11.8 Å². The fourth-order valence-electron chi connectivity index (χ4n) is 2.90. The highest BCUT2D eigenvalue weighted by atomic mass is 32.2. The largest absolute Gasteiger partial charge is 0.465 e. The SMILES string of the molecule is CCNC(C)(CCCSCC1CCCC1)C(=O)OCC. The number of rotatable bonds is 10. The molecule has 0 heterocycles. The van der Waals surface area contributed by atoms with E-state index in [1.807, 2.05) is 20.8 Å². The Labute approximate surface area is 128 Å². The van der Waals surface area contributed by atoms with E-state index >= 15 is 0 Å². The van der Waals surface area contributed by atoms with Gasteiger partial charge < -0.3 is 10.1 Å². The predicted octanol–water partition coefficient (Wildman–Crippen LogP) is 3.62. The molecule has 1 aliphatic rings. The number of ether oxygens (including phenoxy) is 1. The van der Waals surface area contributed by atoms with Crippen LogP contribution in [-0.2, 0) is 9.53 Å². The Hall–Kier alpha value is -0.220. The number of carbonyl (C=O) groups excluding carboxylic acids is 1. The van der Waals surface area contributed by atoms with Gasteiger partial charge in [-0.05, 0) is 63.5 Å². The molecule has 0 amide bonds. The van der Waals surface area contributed by atoms with Crippen molar-refractivity contribution in [3.8, 4) is 0 Å². The Morgan fingerprint density at radius 1 is 1.35 bits per heavy atom. The summed E-state index contributed by atoms with van der Waals surface area (Å²) in [7, 11) is 0. The second-order valence-electron chi connectivity index (χ2n) is 5.91. The molecule has 3 nitrogen and oxygen atoms in total. The molecular weight excluding hydrogens is 270 g/mol. The molecule has 0 aromatic carbocycles. The number of carbonyl (C=O) groups is 1. The molecule has 20 heavy (non-hydrogen) atoms. The predicted molar refractivity (Wildman–Crippen MR) is 87.2 cm³/mol. The highest BCUT2D eigenvalue weighted by molar-refractivity contribution is 7.99. The maximum absolute atomic E-state index is 12.0. The summed E-state index contributed by atoms with van der Waals surface area (Å²) in [4.78, 5) is 12.0. The van der Waals surface area contributed by atoms with Gasteiger partial charge in [-0.3, -0.25) is 4.79 Å². The van der Waals surface area contributed by atoms with Gasteiger partial charge in [-0.1, -0.05) is 19.8 Å². The van der Waals surface area contributed by atoms with Gasteiger partial charge in [0, 0.05) is 0 Å². The summed E-state index contributed by atoms with van der Waals surface area (Å²) in [5, 5.41) is 3.29. The van der Waals surface area contributed by atoms with Crippen molar-refractivity contribution in [2.45, 2.75) is 64.8 Å². The molecule has 0 spiro atoms. The Kier molecular flexibility index (Phi) is 8.62. The second-order valence-corrected chi connectivity index (χ2v) is 7.06. The molecule has 0 radical (unpaired) electrons. The first-order valence-corrected chi connectivity index (χ1v) is 9.28. The van der Waals surface area contributed by atoms with E-state index in [1.54, 1.807) is 0 Å². The number of likely N-dealkylation sites (N-methyl/N-ethyl adjacent to an activating group) is 1. The van der Waals surface area contributed by atoms with Crippen LogP contribution in [-0.4, -0.2) is 36.2 Å². The Morgan fingerprint density at radius 3 is 2.65 bits per heavy atom. The molecule has 4 heteroatoms. The Morgan fingerprint density at radius 2 is 2.05 bits per heavy atom. The zero-order valence-corrected chi connectivity index (χ0v) is 14.2. The van der Waals surface area contributed by atoms with Crippen LogP contribution < -0.4 is 5.32 Å². The minimum Gasteiger partial charge on any atom is -0.465 e. The standard InChI is InChI=1S/C16H31NO2S/c1-4-17-16(3,15(18)19-5-2)11-8-12-20-13-14-9-6-7-10-14/h14,17H,4-13H2,1-3H3. The highest BCUT2D eigenvalue weighted by Crippen LogP contribution is 2.28. The summed E-state index contributed by atoms with van der Waals surface area (Å²) in [6.07, 6.45) is 7.62. The van der Waals surface area contributed by atoms with Gasteiger partial charge in [0.05, 0.1) is 6.61 Å². The van der Waals surface area contributed by atoms with E-state index < -0.39 is 5.54 Å². The van der Waals surface area contributed by atoms with Crippen molar-refractivity contribution in [2.75, 3.05) is 24.7 Å². The number of hydrogen-bond donors (Lipinski definition) is 1. The number of esters is 1. The fourth-order valence-corrected chi connectivity index (χ4v) is 4.08. The van der Waals surface area contributed by atoms with E-state index in [0.717, 1.165) is 31.1 Å². The number of hydrogen-bond acceptors (Lipinski definition) is 4. The first-order chi connectivity index (χ1) is 9.62. The average Bonchev–Trinajstić information content (AvgIpc) is 2.92. The number of thioether (sulfide) groups is 1. The lowest BCUT2D eigenvalue weighted by Crippen LogP contribution is -2.50. The molecule has 0 aromatic heterocycles. The summed E-state index contributed by atoms with van der Waals surface area (Å²) in [5.74, 6) is 3.29. The third-order valence-electron chi connectivity index (χ3n) is 4.09. The normalized spacial score (nSPS) is 18.9. The van der Waals surface area contributed by atoms with E-state index in [9.17, 15) is 4.79 Å². The highest BCUT2D eigenvalue weighted by Gasteiger charge is 2.33. The molecule has 1 rings (SSSR count).